The van der Waals surface area contributed by atoms with Crippen molar-refractivity contribution in [3.63, 3.8) is 0 Å². The molecule has 5 heteroatoms. The van der Waals surface area contributed by atoms with Gasteiger partial charge in [-0.05, 0) is 24.6 Å². The number of nitrogens with one attached hydrogen (secondary N) is 1. The monoisotopic (exact) mass is 259 g/mol. The van der Waals surface area contributed by atoms with Crippen LogP contribution < -0.4 is 5.32 Å². The molecule has 1 aromatic rings. The first-order chi connectivity index (χ1) is 9.07. The highest BCUT2D eigenvalue weighted by molar-refractivity contribution is 6.03. The van der Waals surface area contributed by atoms with E-state index in [-0.39, 0.29) is 12.1 Å². The van der Waals surface area contributed by atoms with Gasteiger partial charge in [-0.3, -0.25) is 9.59 Å². The second-order valence-corrected chi connectivity index (χ2v) is 4.22. The molecule has 0 aliphatic heterocycles. The molecule has 0 saturated carbocycles. The lowest BCUT2D eigenvalue weighted by molar-refractivity contribution is -0.161. The van der Waals surface area contributed by atoms with Gasteiger partial charge >= 0.3 is 11.9 Å². The zero-order valence-corrected chi connectivity index (χ0v) is 10.0. The lowest BCUT2D eigenvalue weighted by Gasteiger charge is -2.29. The third-order valence-corrected chi connectivity index (χ3v) is 3.07. The molecule has 0 amide bonds. The Morgan fingerprint density at radius 2 is 1.74 bits per heavy atom. The van der Waals surface area contributed by atoms with Crippen molar-refractivity contribution in [2.45, 2.75) is 6.42 Å². The quantitative estimate of drug-likeness (QED) is 0.721. The molecule has 3 N–H and O–H groups in total. The van der Waals surface area contributed by atoms with Crippen LogP contribution in [0.4, 0.5) is 5.69 Å². The molecule has 1 aromatic carbocycles. The summed E-state index contributed by atoms with van der Waals surface area (Å²) in [6.45, 7) is 0. The van der Waals surface area contributed by atoms with Crippen LogP contribution in [0, 0.1) is 5.41 Å². The van der Waals surface area contributed by atoms with Crippen LogP contribution in [-0.4, -0.2) is 22.2 Å². The van der Waals surface area contributed by atoms with Gasteiger partial charge in [-0.25, -0.2) is 0 Å². The van der Waals surface area contributed by atoms with Crippen molar-refractivity contribution in [1.29, 1.82) is 0 Å². The summed E-state index contributed by atoms with van der Waals surface area (Å²) in [5.41, 5.74) is -1.15. The predicted octanol–water partition coefficient (Wildman–Crippen LogP) is 2.10. The summed E-state index contributed by atoms with van der Waals surface area (Å²) in [5.74, 6) is -2.75. The lowest BCUT2D eigenvalue weighted by Crippen LogP contribution is -2.43. The zero-order valence-electron chi connectivity index (χ0n) is 10.0. The molecule has 0 aromatic heterocycles. The van der Waals surface area contributed by atoms with Crippen LogP contribution in [0.25, 0.3) is 0 Å². The van der Waals surface area contributed by atoms with Gasteiger partial charge in [0.15, 0.2) is 0 Å². The predicted molar refractivity (Wildman–Crippen MR) is 69.6 cm³/mol. The molecule has 1 aliphatic rings. The number of rotatable bonds is 4. The van der Waals surface area contributed by atoms with Crippen LogP contribution in [0.3, 0.4) is 0 Å². The molecule has 1 aliphatic carbocycles. The van der Waals surface area contributed by atoms with Gasteiger partial charge in [0.05, 0.1) is 0 Å². The summed E-state index contributed by atoms with van der Waals surface area (Å²) in [6, 6.07) is 8.87. The van der Waals surface area contributed by atoms with Crippen molar-refractivity contribution in [3.05, 3.63) is 54.3 Å². The first kappa shape index (κ1) is 12.9. The highest BCUT2D eigenvalue weighted by atomic mass is 16.4. The SMILES string of the molecule is O=C(O)C1(C(=O)O)CC=CC=C1Nc1ccccc1. The van der Waals surface area contributed by atoms with Gasteiger partial charge in [-0.2, -0.15) is 0 Å². The smallest absolute Gasteiger partial charge is 0.327 e. The summed E-state index contributed by atoms with van der Waals surface area (Å²) in [5, 5.41) is 21.5. The number of allylic oxidation sites excluding steroid dienone is 3. The fourth-order valence-electron chi connectivity index (χ4n) is 1.98. The summed E-state index contributed by atoms with van der Waals surface area (Å²) < 4.78 is 0. The highest BCUT2D eigenvalue weighted by Gasteiger charge is 2.50. The van der Waals surface area contributed by atoms with E-state index in [2.05, 4.69) is 5.32 Å². The van der Waals surface area contributed by atoms with Crippen molar-refractivity contribution in [3.8, 4) is 0 Å². The zero-order chi connectivity index (χ0) is 13.9. The average Bonchev–Trinajstić information content (AvgIpc) is 2.40. The molecule has 0 unspecified atom stereocenters. The molecule has 0 radical (unpaired) electrons. The Kier molecular flexibility index (Phi) is 3.37. The van der Waals surface area contributed by atoms with Gasteiger partial charge in [-0.15, -0.1) is 0 Å². The van der Waals surface area contributed by atoms with E-state index in [1.54, 1.807) is 36.4 Å². The Bertz CT molecular complexity index is 546. The average molecular weight is 259 g/mol. The Morgan fingerprint density at radius 3 is 2.32 bits per heavy atom. The Morgan fingerprint density at radius 1 is 1.11 bits per heavy atom. The second-order valence-electron chi connectivity index (χ2n) is 4.22. The molecular weight excluding hydrogens is 246 g/mol. The fourth-order valence-corrected chi connectivity index (χ4v) is 1.98. The minimum absolute atomic E-state index is 0.0800. The number of anilines is 1. The Hall–Kier alpha value is -2.56. The molecule has 2 rings (SSSR count). The van der Waals surface area contributed by atoms with E-state index in [0.717, 1.165) is 0 Å². The first-order valence-corrected chi connectivity index (χ1v) is 5.73. The maximum atomic E-state index is 11.4. The number of hydrogen-bond donors (Lipinski definition) is 3. The molecule has 98 valence electrons. The number of aliphatic carboxylic acids is 2. The van der Waals surface area contributed by atoms with Gasteiger partial charge in [0.2, 0.25) is 5.41 Å². The van der Waals surface area contributed by atoms with E-state index in [9.17, 15) is 19.8 Å². The number of carboxylic acids is 2. The first-order valence-electron chi connectivity index (χ1n) is 5.73. The van der Waals surface area contributed by atoms with Crippen LogP contribution >= 0.6 is 0 Å². The van der Waals surface area contributed by atoms with E-state index in [0.29, 0.717) is 5.69 Å². The van der Waals surface area contributed by atoms with Crippen molar-refractivity contribution < 1.29 is 19.8 Å². The number of carboxylic acid groups (broad SMARTS) is 2. The molecule has 0 spiro atoms. The molecule has 0 saturated heterocycles. The molecular formula is C14H13NO4. The van der Waals surface area contributed by atoms with Crippen molar-refractivity contribution in [2.24, 2.45) is 5.41 Å². The molecule has 0 bridgehead atoms. The third-order valence-electron chi connectivity index (χ3n) is 3.07. The number of benzene rings is 1. The second kappa shape index (κ2) is 4.97. The Labute approximate surface area is 109 Å². The minimum Gasteiger partial charge on any atom is -0.480 e. The summed E-state index contributed by atoms with van der Waals surface area (Å²) >= 11 is 0. The van der Waals surface area contributed by atoms with Crippen molar-refractivity contribution in [1.82, 2.24) is 0 Å². The summed E-state index contributed by atoms with van der Waals surface area (Å²) in [4.78, 5) is 22.8. The largest absolute Gasteiger partial charge is 0.480 e. The van der Waals surface area contributed by atoms with Gasteiger partial charge < -0.3 is 15.5 Å². The normalized spacial score (nSPS) is 16.5. The van der Waals surface area contributed by atoms with Gasteiger partial charge in [0.25, 0.3) is 0 Å². The fraction of sp³-hybridized carbons (Fsp3) is 0.143. The maximum absolute atomic E-state index is 11.4. The van der Waals surface area contributed by atoms with E-state index >= 15 is 0 Å². The number of hydrogen-bond acceptors (Lipinski definition) is 3. The molecule has 0 atom stereocenters. The minimum atomic E-state index is -1.95. The van der Waals surface area contributed by atoms with Gasteiger partial charge in [0.1, 0.15) is 0 Å². The maximum Gasteiger partial charge on any atom is 0.327 e. The van der Waals surface area contributed by atoms with Crippen LogP contribution in [0.15, 0.2) is 54.3 Å². The van der Waals surface area contributed by atoms with Crippen LogP contribution in [0.5, 0.6) is 0 Å². The van der Waals surface area contributed by atoms with Crippen molar-refractivity contribution >= 4 is 17.6 Å². The summed E-state index contributed by atoms with van der Waals surface area (Å²) in [6.07, 6.45) is 4.59. The van der Waals surface area contributed by atoms with Crippen molar-refractivity contribution in [2.75, 3.05) is 5.32 Å². The topological polar surface area (TPSA) is 86.6 Å². The number of carbonyl (C=O) groups is 2. The van der Waals surface area contributed by atoms with E-state index in [1.807, 2.05) is 6.07 Å². The van der Waals surface area contributed by atoms with Crippen LogP contribution in [0.2, 0.25) is 0 Å². The molecule has 0 fully saturated rings. The summed E-state index contributed by atoms with van der Waals surface area (Å²) in [7, 11) is 0. The van der Waals surface area contributed by atoms with Gasteiger partial charge in [-0.1, -0.05) is 30.4 Å². The number of para-hydroxylation sites is 1. The van der Waals surface area contributed by atoms with Gasteiger partial charge in [0, 0.05) is 11.4 Å². The third kappa shape index (κ3) is 2.22. The Balaban J connectivity index is 2.40. The van der Waals surface area contributed by atoms with Crippen LogP contribution in [-0.2, 0) is 9.59 Å². The molecule has 5 nitrogen and oxygen atoms in total. The molecule has 19 heavy (non-hydrogen) atoms. The highest BCUT2D eigenvalue weighted by Crippen LogP contribution is 2.36. The molecule has 0 heterocycles. The van der Waals surface area contributed by atoms with E-state index in [1.165, 1.54) is 6.08 Å². The van der Waals surface area contributed by atoms with Crippen LogP contribution in [0.1, 0.15) is 6.42 Å². The van der Waals surface area contributed by atoms with E-state index in [4.69, 9.17) is 0 Å². The standard InChI is InChI=1S/C14H13NO4/c16-12(17)14(13(18)19)9-5-4-8-11(14)15-10-6-2-1-3-7-10/h1-8,15H,9H2,(H,16,17)(H,18,19). The van der Waals surface area contributed by atoms with E-state index < -0.39 is 17.4 Å². The lowest BCUT2D eigenvalue weighted by atomic mass is 9.78.